The van der Waals surface area contributed by atoms with E-state index in [0.717, 1.165) is 0 Å². The van der Waals surface area contributed by atoms with Crippen LogP contribution in [0.15, 0.2) is 30.3 Å². The van der Waals surface area contributed by atoms with Crippen LogP contribution in [0.5, 0.6) is 17.2 Å². The summed E-state index contributed by atoms with van der Waals surface area (Å²) in [7, 11) is 3.90. The Morgan fingerprint density at radius 1 is 1.06 bits per heavy atom. The molecule has 2 rings (SSSR count). The molecule has 0 fully saturated rings. The van der Waals surface area contributed by atoms with Crippen molar-refractivity contribution in [2.24, 2.45) is 5.92 Å². The van der Waals surface area contributed by atoms with Crippen LogP contribution in [0, 0.1) is 16.0 Å². The number of anilines is 1. The third-order valence-electron chi connectivity index (χ3n) is 4.40. The lowest BCUT2D eigenvalue weighted by atomic mass is 10.1. The topological polar surface area (TPSA) is 129 Å². The number of nitro groups is 1. The van der Waals surface area contributed by atoms with Crippen LogP contribution in [-0.4, -0.2) is 38.1 Å². The van der Waals surface area contributed by atoms with E-state index >= 15 is 0 Å². The maximum absolute atomic E-state index is 12.8. The zero-order valence-corrected chi connectivity index (χ0v) is 18.0. The van der Waals surface area contributed by atoms with Crippen LogP contribution in [-0.2, 0) is 11.3 Å². The highest BCUT2D eigenvalue weighted by molar-refractivity contribution is 6.00. The first-order valence-electron chi connectivity index (χ1n) is 9.38. The van der Waals surface area contributed by atoms with E-state index < -0.39 is 16.5 Å². The first-order valence-corrected chi connectivity index (χ1v) is 9.38. The third kappa shape index (κ3) is 5.41. The van der Waals surface area contributed by atoms with Gasteiger partial charge in [0.05, 0.1) is 26.3 Å². The summed E-state index contributed by atoms with van der Waals surface area (Å²) in [5, 5.41) is 17.1. The lowest BCUT2D eigenvalue weighted by molar-refractivity contribution is -0.386. The van der Waals surface area contributed by atoms with Crippen LogP contribution >= 0.6 is 0 Å². The van der Waals surface area contributed by atoms with Crippen LogP contribution in [0.3, 0.4) is 0 Å². The molecule has 31 heavy (non-hydrogen) atoms. The van der Waals surface area contributed by atoms with Gasteiger partial charge in [-0.3, -0.25) is 19.7 Å². The summed E-state index contributed by atoms with van der Waals surface area (Å²) in [5.74, 6) is -1.08. The zero-order valence-electron chi connectivity index (χ0n) is 18.0. The van der Waals surface area contributed by atoms with E-state index in [2.05, 4.69) is 10.6 Å². The second-order valence-corrected chi connectivity index (χ2v) is 6.83. The van der Waals surface area contributed by atoms with Gasteiger partial charge in [0, 0.05) is 24.2 Å². The third-order valence-corrected chi connectivity index (χ3v) is 4.40. The van der Waals surface area contributed by atoms with Gasteiger partial charge in [-0.05, 0) is 17.7 Å². The summed E-state index contributed by atoms with van der Waals surface area (Å²) in [6, 6.07) is 8.17. The number of carbonyl (C=O) groups excluding carboxylic acids is 2. The van der Waals surface area contributed by atoms with Gasteiger partial charge >= 0.3 is 5.69 Å². The monoisotopic (exact) mass is 431 g/mol. The number of rotatable bonds is 9. The summed E-state index contributed by atoms with van der Waals surface area (Å²) in [4.78, 5) is 35.6. The molecule has 2 N–H and O–H groups in total. The van der Waals surface area contributed by atoms with E-state index in [4.69, 9.17) is 14.2 Å². The van der Waals surface area contributed by atoms with E-state index in [1.165, 1.54) is 27.4 Å². The average Bonchev–Trinajstić information content (AvgIpc) is 2.75. The predicted octanol–water partition coefficient (Wildman–Crippen LogP) is 3.15. The Labute approximate surface area is 179 Å². The Kier molecular flexibility index (Phi) is 7.78. The van der Waals surface area contributed by atoms with Crippen molar-refractivity contribution in [3.8, 4) is 17.2 Å². The van der Waals surface area contributed by atoms with E-state index in [1.807, 2.05) is 0 Å². The molecule has 10 heteroatoms. The lowest BCUT2D eigenvalue weighted by Crippen LogP contribution is -2.24. The van der Waals surface area contributed by atoms with Gasteiger partial charge in [0.2, 0.25) is 17.4 Å². The molecule has 0 bridgehead atoms. The fourth-order valence-corrected chi connectivity index (χ4v) is 2.82. The number of ether oxygens (including phenoxy) is 3. The van der Waals surface area contributed by atoms with Crippen molar-refractivity contribution in [2.45, 2.75) is 20.4 Å². The number of nitro benzene ring substituents is 1. The number of nitrogens with one attached hydrogen (secondary N) is 2. The van der Waals surface area contributed by atoms with Gasteiger partial charge in [-0.2, -0.15) is 0 Å². The fourth-order valence-electron chi connectivity index (χ4n) is 2.82. The molecule has 10 nitrogen and oxygen atoms in total. The van der Waals surface area contributed by atoms with Gasteiger partial charge in [-0.1, -0.05) is 26.0 Å². The Bertz CT molecular complexity index is 989. The molecule has 0 saturated heterocycles. The van der Waals surface area contributed by atoms with Gasteiger partial charge in [-0.15, -0.1) is 0 Å². The number of hydrogen-bond donors (Lipinski definition) is 2. The molecule has 0 aliphatic carbocycles. The highest BCUT2D eigenvalue weighted by atomic mass is 16.6. The van der Waals surface area contributed by atoms with E-state index in [9.17, 15) is 19.7 Å². The Morgan fingerprint density at radius 3 is 2.29 bits per heavy atom. The van der Waals surface area contributed by atoms with Crippen molar-refractivity contribution in [2.75, 3.05) is 26.6 Å². The standard InChI is InChI=1S/C21H25N3O7/c1-12(2)20(25)23-14-8-6-7-13(9-14)11-22-21(26)15-10-16(29-3)18(30-4)19(31-5)17(15)24(27)28/h6-10,12H,11H2,1-5H3,(H,22,26)(H,23,25). The lowest BCUT2D eigenvalue weighted by Gasteiger charge is -2.15. The van der Waals surface area contributed by atoms with E-state index in [0.29, 0.717) is 11.3 Å². The van der Waals surface area contributed by atoms with Gasteiger partial charge < -0.3 is 24.8 Å². The Balaban J connectivity index is 2.30. The maximum Gasteiger partial charge on any atom is 0.327 e. The van der Waals surface area contributed by atoms with Crippen molar-refractivity contribution >= 4 is 23.2 Å². The van der Waals surface area contributed by atoms with Gasteiger partial charge in [-0.25, -0.2) is 0 Å². The van der Waals surface area contributed by atoms with Crippen molar-refractivity contribution in [3.63, 3.8) is 0 Å². The molecule has 0 aliphatic heterocycles. The smallest absolute Gasteiger partial charge is 0.327 e. The number of nitrogens with zero attached hydrogens (tertiary/aromatic N) is 1. The van der Waals surface area contributed by atoms with Crippen LogP contribution in [0.1, 0.15) is 29.8 Å². The fraction of sp³-hybridized carbons (Fsp3) is 0.333. The number of benzene rings is 2. The van der Waals surface area contributed by atoms with Gasteiger partial charge in [0.25, 0.3) is 5.91 Å². The molecule has 0 heterocycles. The predicted molar refractivity (Wildman–Crippen MR) is 114 cm³/mol. The summed E-state index contributed by atoms with van der Waals surface area (Å²) in [5.41, 5.74) is 0.522. The molecule has 2 amide bonds. The normalized spacial score (nSPS) is 10.4. The minimum atomic E-state index is -0.711. The number of carbonyl (C=O) groups is 2. The van der Waals surface area contributed by atoms with Crippen molar-refractivity contribution < 1.29 is 28.7 Å². The van der Waals surface area contributed by atoms with Crippen LogP contribution in [0.4, 0.5) is 11.4 Å². The Morgan fingerprint density at radius 2 is 1.74 bits per heavy atom. The van der Waals surface area contributed by atoms with Crippen molar-refractivity contribution in [3.05, 3.63) is 51.6 Å². The SMILES string of the molecule is COc1cc(C(=O)NCc2cccc(NC(=O)C(C)C)c2)c([N+](=O)[O-])c(OC)c1OC. The zero-order chi connectivity index (χ0) is 23.1. The molecule has 0 aliphatic rings. The molecular weight excluding hydrogens is 406 g/mol. The summed E-state index contributed by atoms with van der Waals surface area (Å²) in [6.07, 6.45) is 0. The molecule has 0 spiro atoms. The van der Waals surface area contributed by atoms with Crippen molar-refractivity contribution in [1.29, 1.82) is 0 Å². The summed E-state index contributed by atoms with van der Waals surface area (Å²) >= 11 is 0. The molecule has 0 atom stereocenters. The minimum absolute atomic E-state index is 0.0156. The molecule has 0 unspecified atom stereocenters. The van der Waals surface area contributed by atoms with E-state index in [-0.39, 0.29) is 41.2 Å². The summed E-state index contributed by atoms with van der Waals surface area (Å²) in [6.45, 7) is 3.64. The number of methoxy groups -OCH3 is 3. The largest absolute Gasteiger partial charge is 0.493 e. The average molecular weight is 431 g/mol. The second kappa shape index (κ2) is 10.3. The molecule has 0 aromatic heterocycles. The molecule has 0 saturated carbocycles. The van der Waals surface area contributed by atoms with Crippen LogP contribution < -0.4 is 24.8 Å². The second-order valence-electron chi connectivity index (χ2n) is 6.83. The highest BCUT2D eigenvalue weighted by Gasteiger charge is 2.32. The molecule has 166 valence electrons. The quantitative estimate of drug-likeness (QED) is 0.461. The highest BCUT2D eigenvalue weighted by Crippen LogP contribution is 2.46. The van der Waals surface area contributed by atoms with Crippen LogP contribution in [0.25, 0.3) is 0 Å². The first kappa shape index (κ1) is 23.5. The molecule has 2 aromatic carbocycles. The summed E-state index contributed by atoms with van der Waals surface area (Å²) < 4.78 is 15.5. The van der Waals surface area contributed by atoms with Crippen molar-refractivity contribution in [1.82, 2.24) is 5.32 Å². The van der Waals surface area contributed by atoms with Gasteiger partial charge in [0.1, 0.15) is 5.56 Å². The van der Waals surface area contributed by atoms with E-state index in [1.54, 1.807) is 38.1 Å². The first-order chi connectivity index (χ1) is 14.7. The minimum Gasteiger partial charge on any atom is -0.493 e. The molecular formula is C21H25N3O7. The van der Waals surface area contributed by atoms with Gasteiger partial charge in [0.15, 0.2) is 5.75 Å². The van der Waals surface area contributed by atoms with Crippen LogP contribution in [0.2, 0.25) is 0 Å². The maximum atomic E-state index is 12.8. The number of hydrogen-bond acceptors (Lipinski definition) is 7. The Hall–Kier alpha value is -3.82. The molecule has 2 aromatic rings. The number of amides is 2. The molecule has 0 radical (unpaired) electrons.